The van der Waals surface area contributed by atoms with Crippen molar-refractivity contribution >= 4 is 33.5 Å². The van der Waals surface area contributed by atoms with E-state index in [-0.39, 0.29) is 0 Å². The number of aliphatic imine (C=N–C) groups is 1. The molecule has 6 heterocycles. The molecule has 0 unspecified atom stereocenters. The molecule has 230 valence electrons. The average molecular weight is 627 g/mol. The molecule has 6 bridgehead atoms. The van der Waals surface area contributed by atoms with Gasteiger partial charge in [-0.15, -0.1) is 0 Å². The summed E-state index contributed by atoms with van der Waals surface area (Å²) < 4.78 is 2.36. The van der Waals surface area contributed by atoms with Crippen LogP contribution in [0.3, 0.4) is 0 Å². The van der Waals surface area contributed by atoms with Crippen LogP contribution in [0, 0.1) is 0 Å². The maximum Gasteiger partial charge on any atom is 0.146 e. The highest BCUT2D eigenvalue weighted by Gasteiger charge is 2.30. The molecule has 0 spiro atoms. The average Bonchev–Trinajstić information content (AvgIpc) is 3.99. The summed E-state index contributed by atoms with van der Waals surface area (Å²) in [4.78, 5) is 14.9. The van der Waals surface area contributed by atoms with E-state index in [4.69, 9.17) is 9.98 Å². The first-order chi connectivity index (χ1) is 24.2. The van der Waals surface area contributed by atoms with E-state index >= 15 is 0 Å². The Balaban J connectivity index is 1.42. The van der Waals surface area contributed by atoms with Crippen LogP contribution in [-0.2, 0) is 0 Å². The summed E-state index contributed by atoms with van der Waals surface area (Å²) in [7, 11) is 0. The number of nitrogens with zero attached hydrogens (tertiary/aromatic N) is 3. The second-order valence-electron chi connectivity index (χ2n) is 12.7. The maximum absolute atomic E-state index is 5.60. The van der Waals surface area contributed by atoms with E-state index in [0.29, 0.717) is 0 Å². The first kappa shape index (κ1) is 27.6. The van der Waals surface area contributed by atoms with Crippen LogP contribution in [0.25, 0.3) is 38.9 Å². The minimum Gasteiger partial charge on any atom is -0.354 e. The van der Waals surface area contributed by atoms with Crippen molar-refractivity contribution in [2.24, 2.45) is 9.98 Å². The van der Waals surface area contributed by atoms with Crippen molar-refractivity contribution < 1.29 is 0 Å². The molecule has 0 saturated carbocycles. The monoisotopic (exact) mass is 626 g/mol. The van der Waals surface area contributed by atoms with E-state index in [0.717, 1.165) is 83.5 Å². The van der Waals surface area contributed by atoms with Crippen LogP contribution in [0.5, 0.6) is 0 Å². The molecule has 3 aliphatic rings. The quantitative estimate of drug-likeness (QED) is 0.207. The normalized spacial score (nSPS) is 15.0. The lowest BCUT2D eigenvalue weighted by molar-refractivity contribution is 1.06. The van der Waals surface area contributed by atoms with Gasteiger partial charge in [0.05, 0.1) is 28.3 Å². The molecule has 49 heavy (non-hydrogen) atoms. The highest BCUT2D eigenvalue weighted by Crippen LogP contribution is 2.42. The van der Waals surface area contributed by atoms with Gasteiger partial charge in [0.1, 0.15) is 5.49 Å². The number of fused-ring (bicyclic) bond motifs is 4. The number of aromatic nitrogens is 2. The third-order valence-corrected chi connectivity index (χ3v) is 9.89. The van der Waals surface area contributed by atoms with Crippen molar-refractivity contribution in [1.29, 1.82) is 0 Å². The molecule has 0 fully saturated rings. The molecule has 4 nitrogen and oxygen atoms in total. The van der Waals surface area contributed by atoms with Crippen LogP contribution in [0.2, 0.25) is 0 Å². The number of H-pyrrole nitrogens is 1. The SMILES string of the molecule is CC1=C2N=c3c1c(-c1ccccc1)c1ccc(n31)C(c1ccccc1)=C1C=CC(=N1)C(c1ccccc1)=c1ccc([nH]1)=C2c1ccccc1. The second-order valence-corrected chi connectivity index (χ2v) is 12.7. The zero-order valence-corrected chi connectivity index (χ0v) is 26.9. The molecule has 3 aromatic heterocycles. The number of benzene rings is 4. The Hall–Kier alpha value is -6.52. The lowest BCUT2D eigenvalue weighted by atomic mass is 9.94. The molecule has 1 N–H and O–H groups in total. The Labute approximate surface area is 283 Å². The van der Waals surface area contributed by atoms with E-state index in [1.165, 1.54) is 16.7 Å². The standard InChI is InChI=1S/C45H30N4/c1-28-39-43(32-20-12-5-13-21-32)38-27-26-37-41(30-16-8-3-9-17-30)35-24-22-33(46-35)40(29-14-6-2-7-15-29)34-23-25-36(47-34)42(31-18-10-4-11-19-31)44(28)48-45(39)49(37)38/h2-27,47H,1H3. The van der Waals surface area contributed by atoms with Crippen LogP contribution < -0.4 is 16.2 Å². The Morgan fingerprint density at radius 3 is 1.67 bits per heavy atom. The van der Waals surface area contributed by atoms with E-state index in [1.807, 2.05) is 0 Å². The summed E-state index contributed by atoms with van der Waals surface area (Å²) in [5.74, 6) is 0. The molecule has 3 aliphatic heterocycles. The molecule has 4 aromatic carbocycles. The molecule has 0 saturated heterocycles. The molecule has 0 atom stereocenters. The van der Waals surface area contributed by atoms with Gasteiger partial charge in [0.25, 0.3) is 0 Å². The van der Waals surface area contributed by atoms with Crippen molar-refractivity contribution in [3.63, 3.8) is 0 Å². The van der Waals surface area contributed by atoms with Crippen LogP contribution in [0.15, 0.2) is 179 Å². The topological polar surface area (TPSA) is 44.9 Å². The third-order valence-electron chi connectivity index (χ3n) is 9.89. The fourth-order valence-electron chi connectivity index (χ4n) is 7.75. The summed E-state index contributed by atoms with van der Waals surface area (Å²) in [6, 6.07) is 51.4. The minimum atomic E-state index is 0.925. The Bertz CT molecular complexity index is 2770. The van der Waals surface area contributed by atoms with E-state index in [2.05, 4.69) is 174 Å². The minimum absolute atomic E-state index is 0.925. The second kappa shape index (κ2) is 10.8. The Morgan fingerprint density at radius 2 is 1.04 bits per heavy atom. The van der Waals surface area contributed by atoms with Crippen molar-refractivity contribution in [1.82, 2.24) is 9.38 Å². The predicted molar refractivity (Wildman–Crippen MR) is 199 cm³/mol. The molecule has 0 aliphatic carbocycles. The maximum atomic E-state index is 5.60. The molecule has 0 amide bonds. The van der Waals surface area contributed by atoms with Gasteiger partial charge in [0, 0.05) is 38.5 Å². The third kappa shape index (κ3) is 4.17. The van der Waals surface area contributed by atoms with Crippen molar-refractivity contribution in [3.05, 3.63) is 213 Å². The predicted octanol–water partition coefficient (Wildman–Crippen LogP) is 7.90. The largest absolute Gasteiger partial charge is 0.354 e. The fraction of sp³-hybridized carbons (Fsp3) is 0.0222. The molecule has 7 aromatic rings. The van der Waals surface area contributed by atoms with Crippen LogP contribution in [-0.4, -0.2) is 15.1 Å². The van der Waals surface area contributed by atoms with Gasteiger partial charge in [0.2, 0.25) is 0 Å². The van der Waals surface area contributed by atoms with Gasteiger partial charge in [-0.05, 0) is 71.2 Å². The van der Waals surface area contributed by atoms with Gasteiger partial charge >= 0.3 is 0 Å². The first-order valence-electron chi connectivity index (χ1n) is 16.7. The molecular weight excluding hydrogens is 597 g/mol. The zero-order chi connectivity index (χ0) is 32.5. The number of hydrogen-bond acceptors (Lipinski definition) is 2. The smallest absolute Gasteiger partial charge is 0.146 e. The van der Waals surface area contributed by atoms with Gasteiger partial charge in [-0.25, -0.2) is 9.98 Å². The van der Waals surface area contributed by atoms with Crippen LogP contribution in [0.4, 0.5) is 0 Å². The van der Waals surface area contributed by atoms with Crippen LogP contribution in [0.1, 0.15) is 34.9 Å². The van der Waals surface area contributed by atoms with Gasteiger partial charge in [-0.3, -0.25) is 4.40 Å². The summed E-state index contributed by atoms with van der Waals surface area (Å²) in [5, 5.41) is 2.03. The lowest BCUT2D eigenvalue weighted by Crippen LogP contribution is -2.20. The lowest BCUT2D eigenvalue weighted by Gasteiger charge is -2.12. The molecule has 10 rings (SSSR count). The number of hydrogen-bond donors (Lipinski definition) is 1. The highest BCUT2D eigenvalue weighted by atomic mass is 15.0. The van der Waals surface area contributed by atoms with E-state index < -0.39 is 0 Å². The first-order valence-corrected chi connectivity index (χ1v) is 16.7. The number of aromatic amines is 1. The molecule has 4 heteroatoms. The van der Waals surface area contributed by atoms with Crippen molar-refractivity contribution in [3.8, 4) is 11.1 Å². The molecular formula is C45H30N4. The summed E-state index contributed by atoms with van der Waals surface area (Å²) in [6.45, 7) is 2.23. The van der Waals surface area contributed by atoms with Crippen molar-refractivity contribution in [2.45, 2.75) is 6.92 Å². The molecule has 0 radical (unpaired) electrons. The summed E-state index contributed by atoms with van der Waals surface area (Å²) >= 11 is 0. The zero-order valence-electron chi connectivity index (χ0n) is 26.9. The van der Waals surface area contributed by atoms with Gasteiger partial charge in [0.15, 0.2) is 0 Å². The van der Waals surface area contributed by atoms with E-state index in [9.17, 15) is 0 Å². The van der Waals surface area contributed by atoms with Crippen LogP contribution >= 0.6 is 0 Å². The number of nitrogens with one attached hydrogen (secondary N) is 1. The number of rotatable bonds is 4. The summed E-state index contributed by atoms with van der Waals surface area (Å²) in [6.07, 6.45) is 4.32. The van der Waals surface area contributed by atoms with Crippen molar-refractivity contribution in [2.75, 3.05) is 0 Å². The van der Waals surface area contributed by atoms with Gasteiger partial charge in [-0.1, -0.05) is 121 Å². The highest BCUT2D eigenvalue weighted by molar-refractivity contribution is 6.30. The summed E-state index contributed by atoms with van der Waals surface area (Å²) in [5.41, 5.74) is 17.3. The Kier molecular flexibility index (Phi) is 6.06. The Morgan fingerprint density at radius 1 is 0.490 bits per heavy atom. The van der Waals surface area contributed by atoms with Gasteiger partial charge < -0.3 is 4.98 Å². The number of allylic oxidation sites excluding steroid dienone is 4. The van der Waals surface area contributed by atoms with Gasteiger partial charge in [-0.2, -0.15) is 0 Å². The van der Waals surface area contributed by atoms with E-state index in [1.54, 1.807) is 0 Å². The fourth-order valence-corrected chi connectivity index (χ4v) is 7.75.